The molecule has 0 aromatic heterocycles. The van der Waals surface area contributed by atoms with Gasteiger partial charge in [0.25, 0.3) is 0 Å². The fraction of sp³-hybridized carbons (Fsp3) is 0.467. The fourth-order valence-electron chi connectivity index (χ4n) is 2.35. The number of nitrogens with zero attached hydrogens (tertiary/aromatic N) is 1. The largest absolute Gasteiger partial charge is 0.465 e. The van der Waals surface area contributed by atoms with Gasteiger partial charge < -0.3 is 4.74 Å². The highest BCUT2D eigenvalue weighted by molar-refractivity contribution is 6.31. The van der Waals surface area contributed by atoms with Crippen LogP contribution in [-0.4, -0.2) is 36.3 Å². The number of likely N-dealkylation sites (tertiary alicyclic amines) is 1. The number of esters is 1. The van der Waals surface area contributed by atoms with Crippen LogP contribution in [0.3, 0.4) is 0 Å². The summed E-state index contributed by atoms with van der Waals surface area (Å²) in [4.78, 5) is 25.7. The highest BCUT2D eigenvalue weighted by Crippen LogP contribution is 2.21. The van der Waals surface area contributed by atoms with Crippen LogP contribution in [-0.2, 0) is 20.9 Å². The lowest BCUT2D eigenvalue weighted by molar-refractivity contribution is -0.154. The molecule has 1 heterocycles. The van der Waals surface area contributed by atoms with Crippen molar-refractivity contribution in [1.29, 1.82) is 0 Å². The minimum Gasteiger partial charge on any atom is -0.465 e. The Morgan fingerprint density at radius 1 is 1.45 bits per heavy atom. The number of hydrogen-bond acceptors (Lipinski definition) is 4. The van der Waals surface area contributed by atoms with Gasteiger partial charge in [0.15, 0.2) is 0 Å². The first-order valence-corrected chi connectivity index (χ1v) is 7.14. The maximum atomic E-state index is 11.8. The number of piperidine rings is 1. The lowest BCUT2D eigenvalue weighted by atomic mass is 9.96. The molecule has 4 nitrogen and oxygen atoms in total. The van der Waals surface area contributed by atoms with Crippen LogP contribution in [0, 0.1) is 5.92 Å². The van der Waals surface area contributed by atoms with Crippen molar-refractivity contribution < 1.29 is 14.3 Å². The van der Waals surface area contributed by atoms with Crippen molar-refractivity contribution in [2.45, 2.75) is 19.9 Å². The lowest BCUT2D eigenvalue weighted by Crippen LogP contribution is -2.44. The first kappa shape index (κ1) is 15.0. The third kappa shape index (κ3) is 3.58. The molecule has 0 unspecified atom stereocenters. The minimum atomic E-state index is -0.661. The summed E-state index contributed by atoms with van der Waals surface area (Å²) in [6.07, 6.45) is 0.383. The van der Waals surface area contributed by atoms with E-state index in [1.54, 1.807) is 6.92 Å². The van der Waals surface area contributed by atoms with Gasteiger partial charge in [-0.05, 0) is 18.6 Å². The van der Waals surface area contributed by atoms with Gasteiger partial charge >= 0.3 is 5.97 Å². The zero-order chi connectivity index (χ0) is 14.5. The molecule has 0 radical (unpaired) electrons. The number of rotatable bonds is 4. The standard InChI is InChI=1S/C15H18ClNO3/c1-2-20-15(19)12-10-17(8-7-14(12)18)9-11-5-3-4-6-13(11)16/h3-6,12H,2,7-10H2,1H3/t12-/m0/s1. The maximum absolute atomic E-state index is 11.8. The Labute approximate surface area is 123 Å². The summed E-state index contributed by atoms with van der Waals surface area (Å²) in [6.45, 7) is 3.74. The van der Waals surface area contributed by atoms with Crippen LogP contribution in [0.1, 0.15) is 18.9 Å². The van der Waals surface area contributed by atoms with Crippen molar-refractivity contribution in [2.75, 3.05) is 19.7 Å². The molecule has 1 fully saturated rings. The first-order valence-electron chi connectivity index (χ1n) is 6.77. The summed E-state index contributed by atoms with van der Waals surface area (Å²) >= 11 is 6.14. The Kier molecular flexibility index (Phi) is 5.15. The Hall–Kier alpha value is -1.39. The topological polar surface area (TPSA) is 46.6 Å². The predicted molar refractivity (Wildman–Crippen MR) is 76.5 cm³/mol. The van der Waals surface area contributed by atoms with E-state index in [1.165, 1.54) is 0 Å². The zero-order valence-electron chi connectivity index (χ0n) is 11.5. The Balaban J connectivity index is 2.02. The van der Waals surface area contributed by atoms with Gasteiger partial charge in [0.05, 0.1) is 6.61 Å². The van der Waals surface area contributed by atoms with Crippen LogP contribution in [0.4, 0.5) is 0 Å². The van der Waals surface area contributed by atoms with E-state index in [9.17, 15) is 9.59 Å². The molecular formula is C15H18ClNO3. The second-order valence-corrected chi connectivity index (χ2v) is 5.25. The monoisotopic (exact) mass is 295 g/mol. The third-order valence-corrected chi connectivity index (χ3v) is 3.80. The normalized spacial score (nSPS) is 19.9. The van der Waals surface area contributed by atoms with Crippen LogP contribution in [0.5, 0.6) is 0 Å². The molecule has 1 aromatic carbocycles. The number of benzene rings is 1. The molecule has 0 amide bonds. The Morgan fingerprint density at radius 3 is 2.90 bits per heavy atom. The molecular weight excluding hydrogens is 278 g/mol. The molecule has 20 heavy (non-hydrogen) atoms. The summed E-state index contributed by atoms with van der Waals surface area (Å²) in [7, 11) is 0. The number of carbonyl (C=O) groups excluding carboxylic acids is 2. The molecule has 0 spiro atoms. The van der Waals surface area contributed by atoms with E-state index in [2.05, 4.69) is 4.90 Å². The number of ketones is 1. The van der Waals surface area contributed by atoms with Crippen molar-refractivity contribution in [3.05, 3.63) is 34.9 Å². The zero-order valence-corrected chi connectivity index (χ0v) is 12.2. The van der Waals surface area contributed by atoms with E-state index < -0.39 is 11.9 Å². The number of hydrogen-bond donors (Lipinski definition) is 0. The van der Waals surface area contributed by atoms with Crippen LogP contribution in [0.15, 0.2) is 24.3 Å². The summed E-state index contributed by atoms with van der Waals surface area (Å²) in [5.41, 5.74) is 1.01. The molecule has 2 rings (SSSR count). The maximum Gasteiger partial charge on any atom is 0.317 e. The van der Waals surface area contributed by atoms with Gasteiger partial charge in [-0.25, -0.2) is 0 Å². The Morgan fingerprint density at radius 2 is 2.20 bits per heavy atom. The van der Waals surface area contributed by atoms with E-state index in [-0.39, 0.29) is 5.78 Å². The summed E-state index contributed by atoms with van der Waals surface area (Å²) < 4.78 is 4.96. The van der Waals surface area contributed by atoms with Crippen LogP contribution in [0.2, 0.25) is 5.02 Å². The van der Waals surface area contributed by atoms with E-state index in [4.69, 9.17) is 16.3 Å². The van der Waals surface area contributed by atoms with Crippen LogP contribution < -0.4 is 0 Å². The van der Waals surface area contributed by atoms with E-state index in [1.807, 2.05) is 24.3 Å². The van der Waals surface area contributed by atoms with Gasteiger partial charge in [-0.3, -0.25) is 14.5 Å². The lowest BCUT2D eigenvalue weighted by Gasteiger charge is -2.30. The molecule has 1 saturated heterocycles. The van der Waals surface area contributed by atoms with Crippen molar-refractivity contribution in [2.24, 2.45) is 5.92 Å². The number of ether oxygens (including phenoxy) is 1. The smallest absolute Gasteiger partial charge is 0.317 e. The summed E-state index contributed by atoms with van der Waals surface area (Å²) in [6, 6.07) is 7.61. The van der Waals surface area contributed by atoms with E-state index in [0.717, 1.165) is 5.56 Å². The molecule has 1 aliphatic heterocycles. The summed E-state index contributed by atoms with van der Waals surface area (Å²) in [5.74, 6) is -1.11. The molecule has 1 aliphatic rings. The van der Waals surface area contributed by atoms with Gasteiger partial charge in [-0.2, -0.15) is 0 Å². The van der Waals surface area contributed by atoms with Gasteiger partial charge in [-0.1, -0.05) is 29.8 Å². The Bertz CT molecular complexity index is 504. The van der Waals surface area contributed by atoms with Crippen molar-refractivity contribution >= 4 is 23.4 Å². The SMILES string of the molecule is CCOC(=O)[C@H]1CN(Cc2ccccc2Cl)CCC1=O. The quantitative estimate of drug-likeness (QED) is 0.632. The predicted octanol–water partition coefficient (Wildman–Crippen LogP) is 2.29. The molecule has 0 saturated carbocycles. The molecule has 108 valence electrons. The van der Waals surface area contributed by atoms with Crippen LogP contribution >= 0.6 is 11.6 Å². The fourth-order valence-corrected chi connectivity index (χ4v) is 2.55. The first-order chi connectivity index (χ1) is 9.61. The minimum absolute atomic E-state index is 0.0288. The average molecular weight is 296 g/mol. The van der Waals surface area contributed by atoms with E-state index in [0.29, 0.717) is 37.7 Å². The third-order valence-electron chi connectivity index (χ3n) is 3.43. The molecule has 0 aliphatic carbocycles. The molecule has 1 aromatic rings. The molecule has 0 N–H and O–H groups in total. The number of halogens is 1. The van der Waals surface area contributed by atoms with Gasteiger partial charge in [0.1, 0.15) is 11.7 Å². The van der Waals surface area contributed by atoms with Crippen molar-refractivity contribution in [3.63, 3.8) is 0 Å². The van der Waals surface area contributed by atoms with E-state index >= 15 is 0 Å². The van der Waals surface area contributed by atoms with Crippen molar-refractivity contribution in [3.8, 4) is 0 Å². The number of carbonyl (C=O) groups is 2. The highest BCUT2D eigenvalue weighted by atomic mass is 35.5. The highest BCUT2D eigenvalue weighted by Gasteiger charge is 2.33. The molecule has 1 atom stereocenters. The van der Waals surface area contributed by atoms with Crippen LogP contribution in [0.25, 0.3) is 0 Å². The van der Waals surface area contributed by atoms with Gasteiger partial charge in [0, 0.05) is 31.1 Å². The molecule has 5 heteroatoms. The molecule has 0 bridgehead atoms. The second-order valence-electron chi connectivity index (χ2n) is 4.85. The number of Topliss-reactive ketones (excluding diaryl/α,β-unsaturated/α-hetero) is 1. The van der Waals surface area contributed by atoms with Crippen molar-refractivity contribution in [1.82, 2.24) is 4.90 Å². The van der Waals surface area contributed by atoms with Gasteiger partial charge in [0.2, 0.25) is 0 Å². The second kappa shape index (κ2) is 6.86. The van der Waals surface area contributed by atoms with Gasteiger partial charge in [-0.15, -0.1) is 0 Å². The summed E-state index contributed by atoms with van der Waals surface area (Å²) in [5, 5.41) is 0.706. The average Bonchev–Trinajstić information content (AvgIpc) is 2.43.